The molecule has 10 aromatic rings. The van der Waals surface area contributed by atoms with Crippen molar-refractivity contribution >= 4 is 97.2 Å². The van der Waals surface area contributed by atoms with Gasteiger partial charge in [0.1, 0.15) is 22.7 Å². The number of hydrogen-bond acceptors (Lipinski definition) is 10. The fraction of sp³-hybridized carbons (Fsp3) is 0.0385. The number of aryl methyl sites for hydroxylation is 2. The lowest BCUT2D eigenvalue weighted by molar-refractivity contribution is -0.132. The largest absolute Gasteiger partial charge is 0.477 e. The van der Waals surface area contributed by atoms with Crippen molar-refractivity contribution in [2.75, 3.05) is 4.90 Å². The number of benzene rings is 5. The van der Waals surface area contributed by atoms with Crippen molar-refractivity contribution < 1.29 is 9.90 Å². The zero-order chi connectivity index (χ0) is 43.0. The number of anilines is 3. The van der Waals surface area contributed by atoms with Crippen molar-refractivity contribution in [2.45, 2.75) is 13.8 Å². The molecule has 11 heteroatoms. The second-order valence-corrected chi connectivity index (χ2v) is 19.6. The molecule has 6 nitrogen and oxygen atoms in total. The van der Waals surface area contributed by atoms with Gasteiger partial charge in [0.05, 0.1) is 11.7 Å². The van der Waals surface area contributed by atoms with Crippen molar-refractivity contribution in [3.05, 3.63) is 180 Å². The van der Waals surface area contributed by atoms with E-state index in [-0.39, 0.29) is 5.57 Å². The van der Waals surface area contributed by atoms with Crippen LogP contribution >= 0.6 is 57.1 Å². The van der Waals surface area contributed by atoms with E-state index in [9.17, 15) is 9.90 Å². The Morgan fingerprint density at radius 1 is 0.556 bits per heavy atom. The van der Waals surface area contributed by atoms with Crippen molar-refractivity contribution in [3.8, 4) is 67.3 Å². The highest BCUT2D eigenvalue weighted by Gasteiger charge is 2.21. The highest BCUT2D eigenvalue weighted by Crippen LogP contribution is 2.48. The Bertz CT molecular complexity index is 3310. The van der Waals surface area contributed by atoms with Crippen LogP contribution in [0.2, 0.25) is 0 Å². The Labute approximate surface area is 384 Å². The third kappa shape index (κ3) is 7.95. The van der Waals surface area contributed by atoms with Gasteiger partial charge in [0.25, 0.3) is 0 Å². The van der Waals surface area contributed by atoms with Gasteiger partial charge in [-0.2, -0.15) is 14.0 Å². The summed E-state index contributed by atoms with van der Waals surface area (Å²) in [7, 11) is 0. The highest BCUT2D eigenvalue weighted by atomic mass is 32.1. The van der Waals surface area contributed by atoms with Gasteiger partial charge >= 0.3 is 5.97 Å². The van der Waals surface area contributed by atoms with E-state index in [1.54, 1.807) is 28.7 Å². The van der Waals surface area contributed by atoms with Gasteiger partial charge in [-0.15, -0.1) is 45.3 Å². The molecule has 0 bridgehead atoms. The van der Waals surface area contributed by atoms with E-state index in [1.165, 1.54) is 63.8 Å². The first-order chi connectivity index (χ1) is 30.8. The van der Waals surface area contributed by atoms with Gasteiger partial charge in [0, 0.05) is 67.2 Å². The molecule has 5 aromatic carbocycles. The lowest BCUT2D eigenvalue weighted by Crippen LogP contribution is -2.09. The Morgan fingerprint density at radius 2 is 1.00 bits per heavy atom. The monoisotopic (exact) mass is 906 g/mol. The fourth-order valence-corrected chi connectivity index (χ4v) is 13.0. The van der Waals surface area contributed by atoms with Gasteiger partial charge in [-0.05, 0) is 121 Å². The second kappa shape index (κ2) is 17.2. The summed E-state index contributed by atoms with van der Waals surface area (Å²) < 4.78 is 9.69. The Morgan fingerprint density at radius 3 is 1.46 bits per heavy atom. The lowest BCUT2D eigenvalue weighted by Gasteiger charge is -2.25. The molecule has 10 rings (SSSR count). The normalized spacial score (nSPS) is 11.5. The smallest absolute Gasteiger partial charge is 0.346 e. The fourth-order valence-electron chi connectivity index (χ4n) is 7.64. The van der Waals surface area contributed by atoms with Gasteiger partial charge in [-0.1, -0.05) is 84.9 Å². The molecular formula is C52H34N4O2S5. The van der Waals surface area contributed by atoms with E-state index in [1.807, 2.05) is 59.1 Å². The second-order valence-electron chi connectivity index (χ2n) is 14.8. The SMILES string of the molecule is Cc1cc(-c2ccc(-c3cc(C)c(-c4ccc(-c5ccc(N(c6ccccc6)c6ccccc6)cc5)s4)s3)c3nsnc23)sc1-c1ccc(-c2ccc(/C=C(\C#N)C(=O)O)cc2)s1. The molecule has 0 unspecified atom stereocenters. The Balaban J connectivity index is 0.889. The van der Waals surface area contributed by atoms with Gasteiger partial charge in [0.2, 0.25) is 0 Å². The van der Waals surface area contributed by atoms with Crippen LogP contribution in [0.4, 0.5) is 17.1 Å². The number of rotatable bonds is 11. The number of carbonyl (C=O) groups is 1. The maximum Gasteiger partial charge on any atom is 0.346 e. The van der Waals surface area contributed by atoms with Crippen molar-refractivity contribution in [1.29, 1.82) is 5.26 Å². The van der Waals surface area contributed by atoms with Crippen LogP contribution in [0.3, 0.4) is 0 Å². The average Bonchev–Trinajstić information content (AvgIpc) is 4.18. The number of carboxylic acid groups (broad SMARTS) is 1. The Kier molecular flexibility index (Phi) is 11.0. The number of aromatic nitrogens is 2. The standard InChI is InChI=1S/C52H34N4O2S5/c1-31-27-46(61-50(31)44-25-23-42(59-44)34-15-13-33(14-16-34)29-36(30-53)52(57)58)40-21-22-41(49-48(40)54-63-55-49)47-28-32(2)51(62-47)45-26-24-43(60-45)35-17-19-39(20-18-35)56(37-9-5-3-6-10-37)38-11-7-4-8-12-38/h3-29H,1-2H3,(H,57,58)/b36-29+. The van der Waals surface area contributed by atoms with Gasteiger partial charge in [-0.3, -0.25) is 0 Å². The summed E-state index contributed by atoms with van der Waals surface area (Å²) in [5.74, 6) is -1.23. The minimum atomic E-state index is -1.23. The van der Waals surface area contributed by atoms with E-state index < -0.39 is 5.97 Å². The Hall–Kier alpha value is -6.78. The van der Waals surface area contributed by atoms with Gasteiger partial charge < -0.3 is 10.0 Å². The zero-order valence-corrected chi connectivity index (χ0v) is 37.9. The van der Waals surface area contributed by atoms with Crippen molar-refractivity contribution in [2.24, 2.45) is 0 Å². The summed E-state index contributed by atoms with van der Waals surface area (Å²) in [5, 5.41) is 18.3. The van der Waals surface area contributed by atoms with Crippen LogP contribution in [0.5, 0.6) is 0 Å². The molecule has 304 valence electrons. The molecule has 0 radical (unpaired) electrons. The van der Waals surface area contributed by atoms with Crippen LogP contribution in [0.25, 0.3) is 78.4 Å². The summed E-state index contributed by atoms with van der Waals surface area (Å²) in [4.78, 5) is 23.1. The summed E-state index contributed by atoms with van der Waals surface area (Å²) in [6, 6.07) is 56.9. The molecule has 0 saturated heterocycles. The van der Waals surface area contributed by atoms with E-state index in [0.29, 0.717) is 5.56 Å². The number of hydrogen-bond donors (Lipinski definition) is 1. The van der Waals surface area contributed by atoms with Gasteiger partial charge in [0.15, 0.2) is 0 Å². The van der Waals surface area contributed by atoms with Gasteiger partial charge in [-0.25, -0.2) is 4.79 Å². The summed E-state index contributed by atoms with van der Waals surface area (Å²) in [5.41, 5.74) is 12.4. The number of para-hydroxylation sites is 2. The number of aliphatic carboxylic acids is 1. The molecule has 1 N–H and O–H groups in total. The number of nitrogens with zero attached hydrogens (tertiary/aromatic N) is 4. The van der Waals surface area contributed by atoms with E-state index in [4.69, 9.17) is 14.0 Å². The summed E-state index contributed by atoms with van der Waals surface area (Å²) in [6.45, 7) is 4.35. The first kappa shape index (κ1) is 40.3. The molecule has 63 heavy (non-hydrogen) atoms. The molecule has 5 heterocycles. The minimum Gasteiger partial charge on any atom is -0.477 e. The number of thiophene rings is 4. The van der Waals surface area contributed by atoms with Crippen LogP contribution in [-0.4, -0.2) is 19.8 Å². The third-order valence-corrected chi connectivity index (χ3v) is 16.4. The minimum absolute atomic E-state index is 0.292. The summed E-state index contributed by atoms with van der Waals surface area (Å²) >= 11 is 8.38. The molecule has 0 aliphatic carbocycles. The number of nitriles is 1. The molecule has 0 aliphatic heterocycles. The molecular weight excluding hydrogens is 873 g/mol. The molecule has 0 fully saturated rings. The van der Waals surface area contributed by atoms with Crippen LogP contribution in [-0.2, 0) is 4.79 Å². The van der Waals surface area contributed by atoms with Crippen LogP contribution in [0.15, 0.2) is 163 Å². The van der Waals surface area contributed by atoms with E-state index in [0.717, 1.165) is 54.5 Å². The van der Waals surface area contributed by atoms with Crippen LogP contribution < -0.4 is 4.90 Å². The summed E-state index contributed by atoms with van der Waals surface area (Å²) in [6.07, 6.45) is 1.39. The first-order valence-corrected chi connectivity index (χ1v) is 23.9. The molecule has 0 spiro atoms. The topological polar surface area (TPSA) is 90.1 Å². The molecule has 0 atom stereocenters. The lowest BCUT2D eigenvalue weighted by atomic mass is 10.0. The molecule has 0 saturated carbocycles. The third-order valence-electron chi connectivity index (χ3n) is 10.7. The highest BCUT2D eigenvalue weighted by molar-refractivity contribution is 7.26. The van der Waals surface area contributed by atoms with Crippen molar-refractivity contribution in [3.63, 3.8) is 0 Å². The maximum absolute atomic E-state index is 11.3. The predicted molar refractivity (Wildman–Crippen MR) is 267 cm³/mol. The maximum atomic E-state index is 11.3. The average molecular weight is 907 g/mol. The molecule has 0 aliphatic rings. The van der Waals surface area contributed by atoms with Crippen LogP contribution in [0.1, 0.15) is 16.7 Å². The van der Waals surface area contributed by atoms with Crippen molar-refractivity contribution in [1.82, 2.24) is 8.75 Å². The predicted octanol–water partition coefficient (Wildman–Crippen LogP) is 16.0. The number of fused-ring (bicyclic) bond motifs is 1. The number of carboxylic acids is 1. The molecule has 5 aromatic heterocycles. The van der Waals surface area contributed by atoms with E-state index >= 15 is 0 Å². The van der Waals surface area contributed by atoms with Crippen LogP contribution in [0, 0.1) is 25.2 Å². The van der Waals surface area contributed by atoms with E-state index in [2.05, 4.69) is 140 Å². The first-order valence-electron chi connectivity index (χ1n) is 19.9. The zero-order valence-electron chi connectivity index (χ0n) is 33.8. The molecule has 0 amide bonds. The quantitative estimate of drug-likeness (QED) is 0.103.